The second-order valence-electron chi connectivity index (χ2n) is 4.71. The first-order valence-electron chi connectivity index (χ1n) is 6.30. The minimum Gasteiger partial charge on any atom is -0.321 e. The van der Waals surface area contributed by atoms with E-state index in [4.69, 9.17) is 0 Å². The number of hydrogen-bond donors (Lipinski definition) is 1. The molecule has 0 spiro atoms. The summed E-state index contributed by atoms with van der Waals surface area (Å²) in [5, 5.41) is 4.01. The van der Waals surface area contributed by atoms with Crippen molar-refractivity contribution in [2.45, 2.75) is 11.8 Å². The normalized spacial score (nSPS) is 14.1. The molecule has 0 saturated carbocycles. The van der Waals surface area contributed by atoms with Gasteiger partial charge in [0.2, 0.25) is 10.0 Å². The lowest BCUT2D eigenvalue weighted by atomic mass is 10.1. The molecule has 1 aliphatic rings. The predicted octanol–water partition coefficient (Wildman–Crippen LogP) is 2.05. The number of amides is 1. The minimum atomic E-state index is -3.54. The van der Waals surface area contributed by atoms with Crippen LogP contribution >= 0.6 is 0 Å². The summed E-state index contributed by atoms with van der Waals surface area (Å²) in [4.78, 5) is 12.1. The molecule has 3 rings (SSSR count). The van der Waals surface area contributed by atoms with Crippen molar-refractivity contribution in [3.8, 4) is 0 Å². The zero-order chi connectivity index (χ0) is 14.5. The fourth-order valence-electron chi connectivity index (χ4n) is 2.43. The van der Waals surface area contributed by atoms with Gasteiger partial charge in [0.1, 0.15) is 0 Å². The van der Waals surface area contributed by atoms with Crippen molar-refractivity contribution in [3.05, 3.63) is 35.9 Å². The van der Waals surface area contributed by atoms with Gasteiger partial charge in [-0.2, -0.15) is 0 Å². The van der Waals surface area contributed by atoms with Gasteiger partial charge in [-0.05, 0) is 18.2 Å². The Morgan fingerprint density at radius 1 is 1.20 bits per heavy atom. The molecule has 0 fully saturated rings. The molecule has 0 bridgehead atoms. The van der Waals surface area contributed by atoms with Gasteiger partial charge in [-0.25, -0.2) is 12.7 Å². The number of carbonyl (C=O) groups is 1. The topological polar surface area (TPSA) is 66.5 Å². The molecule has 5 nitrogen and oxygen atoms in total. The van der Waals surface area contributed by atoms with Gasteiger partial charge in [-0.1, -0.05) is 19.1 Å². The second kappa shape index (κ2) is 4.29. The summed E-state index contributed by atoms with van der Waals surface area (Å²) in [5.74, 6) is -0.191. The van der Waals surface area contributed by atoms with Gasteiger partial charge >= 0.3 is 0 Å². The molecule has 0 saturated heterocycles. The second-order valence-corrected chi connectivity index (χ2v) is 6.73. The van der Waals surface area contributed by atoms with E-state index in [1.54, 1.807) is 44.3 Å². The van der Waals surface area contributed by atoms with E-state index >= 15 is 0 Å². The number of anilines is 1. The van der Waals surface area contributed by atoms with Crippen LogP contribution in [0.1, 0.15) is 17.3 Å². The molecule has 1 N–H and O–H groups in total. The van der Waals surface area contributed by atoms with E-state index in [0.717, 1.165) is 0 Å². The van der Waals surface area contributed by atoms with Crippen molar-refractivity contribution in [2.24, 2.45) is 0 Å². The summed E-state index contributed by atoms with van der Waals surface area (Å²) >= 11 is 0. The Bertz CT molecular complexity index is 828. The van der Waals surface area contributed by atoms with Gasteiger partial charge in [0.25, 0.3) is 5.91 Å². The van der Waals surface area contributed by atoms with E-state index in [-0.39, 0.29) is 10.8 Å². The van der Waals surface area contributed by atoms with E-state index in [2.05, 4.69) is 5.32 Å². The maximum atomic E-state index is 12.5. The van der Waals surface area contributed by atoms with Crippen molar-refractivity contribution in [2.75, 3.05) is 18.9 Å². The van der Waals surface area contributed by atoms with E-state index < -0.39 is 10.0 Å². The summed E-state index contributed by atoms with van der Waals surface area (Å²) in [6.07, 6.45) is 0. The summed E-state index contributed by atoms with van der Waals surface area (Å²) < 4.78 is 26.3. The zero-order valence-corrected chi connectivity index (χ0v) is 12.0. The Morgan fingerprint density at radius 2 is 1.95 bits per heavy atom. The number of rotatable bonds is 3. The first kappa shape index (κ1) is 13.1. The molecule has 1 heterocycles. The molecule has 1 amide bonds. The molecular weight excluding hydrogens is 276 g/mol. The third kappa shape index (κ3) is 1.65. The smallest absolute Gasteiger partial charge is 0.256 e. The third-order valence-electron chi connectivity index (χ3n) is 3.63. The summed E-state index contributed by atoms with van der Waals surface area (Å²) in [7, 11) is -2.00. The molecule has 0 radical (unpaired) electrons. The van der Waals surface area contributed by atoms with E-state index in [1.807, 2.05) is 0 Å². The minimum absolute atomic E-state index is 0.191. The van der Waals surface area contributed by atoms with Crippen LogP contribution in [0.4, 0.5) is 5.69 Å². The average molecular weight is 290 g/mol. The van der Waals surface area contributed by atoms with Crippen LogP contribution in [0.2, 0.25) is 0 Å². The predicted molar refractivity (Wildman–Crippen MR) is 77.4 cm³/mol. The van der Waals surface area contributed by atoms with Crippen LogP contribution < -0.4 is 5.32 Å². The molecule has 0 aromatic heterocycles. The lowest BCUT2D eigenvalue weighted by Crippen LogP contribution is -2.26. The van der Waals surface area contributed by atoms with Crippen molar-refractivity contribution in [3.63, 3.8) is 0 Å². The molecule has 6 heteroatoms. The average Bonchev–Trinajstić information content (AvgIpc) is 2.77. The lowest BCUT2D eigenvalue weighted by Gasteiger charge is -2.16. The maximum Gasteiger partial charge on any atom is 0.256 e. The van der Waals surface area contributed by atoms with E-state index in [0.29, 0.717) is 28.6 Å². The van der Waals surface area contributed by atoms with Crippen LogP contribution in [0.25, 0.3) is 10.8 Å². The molecule has 2 aromatic carbocycles. The Balaban J connectivity index is 2.37. The fraction of sp³-hybridized carbons (Fsp3) is 0.214. The quantitative estimate of drug-likeness (QED) is 0.940. The van der Waals surface area contributed by atoms with E-state index in [1.165, 1.54) is 4.31 Å². The van der Waals surface area contributed by atoms with Crippen LogP contribution in [0.15, 0.2) is 35.2 Å². The number of hydrogen-bond acceptors (Lipinski definition) is 3. The van der Waals surface area contributed by atoms with Crippen LogP contribution in [-0.4, -0.2) is 32.2 Å². The van der Waals surface area contributed by atoms with Crippen LogP contribution in [-0.2, 0) is 10.0 Å². The van der Waals surface area contributed by atoms with Gasteiger partial charge < -0.3 is 5.32 Å². The summed E-state index contributed by atoms with van der Waals surface area (Å²) in [6, 6.07) is 8.34. The molecule has 20 heavy (non-hydrogen) atoms. The van der Waals surface area contributed by atoms with Gasteiger partial charge in [0.15, 0.2) is 0 Å². The molecule has 2 aromatic rings. The van der Waals surface area contributed by atoms with E-state index in [9.17, 15) is 13.2 Å². The highest BCUT2D eigenvalue weighted by atomic mass is 32.2. The Labute approximate surface area is 117 Å². The molecule has 0 aliphatic carbocycles. The lowest BCUT2D eigenvalue weighted by molar-refractivity contribution is 0.103. The molecule has 0 atom stereocenters. The number of nitrogens with zero attached hydrogens (tertiary/aromatic N) is 1. The summed E-state index contributed by atoms with van der Waals surface area (Å²) in [5.41, 5.74) is 1.19. The van der Waals surface area contributed by atoms with Crippen molar-refractivity contribution >= 4 is 32.4 Å². The Kier molecular flexibility index (Phi) is 2.81. The first-order chi connectivity index (χ1) is 9.46. The third-order valence-corrected chi connectivity index (χ3v) is 5.62. The van der Waals surface area contributed by atoms with Gasteiger partial charge in [0, 0.05) is 35.6 Å². The van der Waals surface area contributed by atoms with Crippen LogP contribution in [0.5, 0.6) is 0 Å². The van der Waals surface area contributed by atoms with Crippen molar-refractivity contribution in [1.29, 1.82) is 0 Å². The highest BCUT2D eigenvalue weighted by Crippen LogP contribution is 2.37. The largest absolute Gasteiger partial charge is 0.321 e. The Hall–Kier alpha value is -1.92. The number of carbonyl (C=O) groups excluding carboxylic acids is 1. The van der Waals surface area contributed by atoms with Crippen LogP contribution in [0, 0.1) is 0 Å². The molecule has 1 aliphatic heterocycles. The standard InChI is InChI=1S/C14H14N2O3S/c1-3-16(2)20(18,19)12-8-7-11-13-9(12)5-4-6-10(13)14(17)15-11/h4-8H,3H2,1-2H3,(H,15,17). The zero-order valence-electron chi connectivity index (χ0n) is 11.2. The first-order valence-corrected chi connectivity index (χ1v) is 7.74. The number of sulfonamides is 1. The fourth-order valence-corrected chi connectivity index (χ4v) is 3.79. The van der Waals surface area contributed by atoms with Crippen LogP contribution in [0.3, 0.4) is 0 Å². The maximum absolute atomic E-state index is 12.5. The highest BCUT2D eigenvalue weighted by Gasteiger charge is 2.27. The molecular formula is C14H14N2O3S. The number of benzene rings is 2. The SMILES string of the molecule is CCN(C)S(=O)(=O)c1ccc2c3c(cccc13)C(=O)N2. The molecule has 104 valence electrons. The van der Waals surface area contributed by atoms with Gasteiger partial charge in [0.05, 0.1) is 4.90 Å². The van der Waals surface area contributed by atoms with Gasteiger partial charge in [-0.15, -0.1) is 0 Å². The molecule has 0 unspecified atom stereocenters. The highest BCUT2D eigenvalue weighted by molar-refractivity contribution is 7.89. The van der Waals surface area contributed by atoms with Gasteiger partial charge in [-0.3, -0.25) is 4.79 Å². The number of nitrogens with one attached hydrogen (secondary N) is 1. The van der Waals surface area contributed by atoms with Crippen molar-refractivity contribution in [1.82, 2.24) is 4.31 Å². The van der Waals surface area contributed by atoms with Crippen molar-refractivity contribution < 1.29 is 13.2 Å². The Morgan fingerprint density at radius 3 is 2.65 bits per heavy atom. The summed E-state index contributed by atoms with van der Waals surface area (Å²) in [6.45, 7) is 2.17. The monoisotopic (exact) mass is 290 g/mol.